The van der Waals surface area contributed by atoms with Crippen LogP contribution in [0, 0.1) is 0 Å². The summed E-state index contributed by atoms with van der Waals surface area (Å²) in [5.41, 5.74) is 1.27. The summed E-state index contributed by atoms with van der Waals surface area (Å²) in [6.45, 7) is 3.77. The third kappa shape index (κ3) is 3.38. The maximum Gasteiger partial charge on any atom is 0.573 e. The molecule has 1 spiro atoms. The number of alkyl halides is 3. The first-order valence-corrected chi connectivity index (χ1v) is 9.60. The van der Waals surface area contributed by atoms with Crippen molar-refractivity contribution in [1.82, 2.24) is 4.90 Å². The number of hydrogen-bond acceptors (Lipinski definition) is 5. The van der Waals surface area contributed by atoms with Gasteiger partial charge in [0.2, 0.25) is 0 Å². The normalized spacial score (nSPS) is 21.6. The van der Waals surface area contributed by atoms with E-state index in [1.807, 2.05) is 11.8 Å². The second kappa shape index (κ2) is 6.63. The number of nitrogens with one attached hydrogen (secondary N) is 1. The van der Waals surface area contributed by atoms with Gasteiger partial charge in [-0.15, -0.1) is 13.2 Å². The van der Waals surface area contributed by atoms with Crippen molar-refractivity contribution in [3.63, 3.8) is 0 Å². The quantitative estimate of drug-likeness (QED) is 0.810. The molecule has 3 aliphatic heterocycles. The summed E-state index contributed by atoms with van der Waals surface area (Å²) in [6.07, 6.45) is -2.50. The van der Waals surface area contributed by atoms with Crippen LogP contribution in [-0.2, 0) is 9.53 Å². The van der Waals surface area contributed by atoms with Crippen molar-refractivity contribution in [2.75, 3.05) is 25.1 Å². The maximum absolute atomic E-state index is 13.1. The summed E-state index contributed by atoms with van der Waals surface area (Å²) >= 11 is 1.20. The Kier molecular flexibility index (Phi) is 4.54. The van der Waals surface area contributed by atoms with Crippen LogP contribution in [-0.4, -0.2) is 42.5 Å². The third-order valence-electron chi connectivity index (χ3n) is 5.22. The van der Waals surface area contributed by atoms with E-state index in [2.05, 4.69) is 10.1 Å². The van der Waals surface area contributed by atoms with Crippen molar-refractivity contribution in [2.24, 2.45) is 0 Å². The van der Waals surface area contributed by atoms with E-state index in [1.165, 1.54) is 23.9 Å². The van der Waals surface area contributed by atoms with Gasteiger partial charge in [0.1, 0.15) is 5.75 Å². The summed E-state index contributed by atoms with van der Waals surface area (Å²) in [7, 11) is 0. The predicted molar refractivity (Wildman–Crippen MR) is 94.4 cm³/mol. The molecule has 0 unspecified atom stereocenters. The number of hydrogen-bond donors (Lipinski definition) is 1. The summed E-state index contributed by atoms with van der Waals surface area (Å²) in [5, 5.41) is 3.27. The molecule has 1 saturated heterocycles. The fourth-order valence-corrected chi connectivity index (χ4v) is 5.08. The molecular formula is C18H19F3N2O3S. The summed E-state index contributed by atoms with van der Waals surface area (Å²) < 4.78 is 46.9. The molecule has 27 heavy (non-hydrogen) atoms. The van der Waals surface area contributed by atoms with Crippen LogP contribution >= 0.6 is 11.8 Å². The number of rotatable bonds is 2. The van der Waals surface area contributed by atoms with Gasteiger partial charge in [-0.3, -0.25) is 4.79 Å². The molecule has 1 aromatic carbocycles. The number of carbonyl (C=O) groups excluding carboxylic acids is 1. The smallest absolute Gasteiger partial charge is 0.406 e. The zero-order valence-corrected chi connectivity index (χ0v) is 15.5. The van der Waals surface area contributed by atoms with Crippen LogP contribution in [0.25, 0.3) is 0 Å². The molecule has 3 aliphatic rings. The molecule has 1 fully saturated rings. The van der Waals surface area contributed by atoms with Gasteiger partial charge in [0, 0.05) is 36.8 Å². The Labute approximate surface area is 158 Å². The number of nitrogens with zero attached hydrogens (tertiary/aromatic N) is 1. The highest BCUT2D eigenvalue weighted by Crippen LogP contribution is 2.49. The van der Waals surface area contributed by atoms with E-state index in [4.69, 9.17) is 4.74 Å². The van der Waals surface area contributed by atoms with Crippen LogP contribution in [0.3, 0.4) is 0 Å². The molecule has 9 heteroatoms. The lowest BCUT2D eigenvalue weighted by Crippen LogP contribution is -2.58. The molecule has 1 amide bonds. The molecule has 146 valence electrons. The predicted octanol–water partition coefficient (Wildman–Crippen LogP) is 4.12. The molecule has 0 bridgehead atoms. The maximum atomic E-state index is 13.1. The minimum atomic E-state index is -4.75. The Morgan fingerprint density at radius 1 is 1.33 bits per heavy atom. The van der Waals surface area contributed by atoms with Crippen molar-refractivity contribution in [3.8, 4) is 5.75 Å². The first-order chi connectivity index (χ1) is 12.8. The van der Waals surface area contributed by atoms with E-state index < -0.39 is 6.36 Å². The Bertz CT molecular complexity index is 804. The number of carbonyl (C=O) groups is 1. The zero-order valence-electron chi connectivity index (χ0n) is 14.7. The van der Waals surface area contributed by atoms with E-state index >= 15 is 0 Å². The van der Waals surface area contributed by atoms with Gasteiger partial charge in [0.15, 0.2) is 0 Å². The van der Waals surface area contributed by atoms with Crippen LogP contribution in [0.15, 0.2) is 33.7 Å². The number of thioether (sulfide) groups is 1. The first-order valence-electron chi connectivity index (χ1n) is 8.79. The van der Waals surface area contributed by atoms with Gasteiger partial charge < -0.3 is 19.7 Å². The van der Waals surface area contributed by atoms with E-state index in [0.717, 1.165) is 18.5 Å². The zero-order chi connectivity index (χ0) is 19.2. The van der Waals surface area contributed by atoms with Crippen molar-refractivity contribution < 1.29 is 27.4 Å². The number of benzene rings is 1. The Hall–Kier alpha value is -1.87. The van der Waals surface area contributed by atoms with Gasteiger partial charge in [0.25, 0.3) is 5.91 Å². The van der Waals surface area contributed by atoms with Crippen LogP contribution in [0.1, 0.15) is 26.2 Å². The highest BCUT2D eigenvalue weighted by molar-refractivity contribution is 8.04. The van der Waals surface area contributed by atoms with Crippen molar-refractivity contribution in [2.45, 2.75) is 43.0 Å². The van der Waals surface area contributed by atoms with Crippen LogP contribution in [0.4, 0.5) is 18.9 Å². The van der Waals surface area contributed by atoms with E-state index in [9.17, 15) is 18.0 Å². The molecule has 0 aliphatic carbocycles. The SMILES string of the molecule is CCN1C(=O)C2=C(CC13CCOCC3)Nc1ccc(OC(F)(F)F)cc1S2. The molecule has 3 heterocycles. The topological polar surface area (TPSA) is 50.8 Å². The average Bonchev–Trinajstić information content (AvgIpc) is 2.60. The van der Waals surface area contributed by atoms with E-state index in [0.29, 0.717) is 41.7 Å². The summed E-state index contributed by atoms with van der Waals surface area (Å²) in [5.74, 6) is -0.373. The fraction of sp³-hybridized carbons (Fsp3) is 0.500. The second-order valence-corrected chi connectivity index (χ2v) is 7.86. The number of ether oxygens (including phenoxy) is 2. The largest absolute Gasteiger partial charge is 0.573 e. The van der Waals surface area contributed by atoms with E-state index in [1.54, 1.807) is 6.07 Å². The molecule has 0 aromatic heterocycles. The molecule has 4 rings (SSSR count). The van der Waals surface area contributed by atoms with Crippen LogP contribution in [0.5, 0.6) is 5.75 Å². The highest BCUT2D eigenvalue weighted by atomic mass is 32.2. The van der Waals surface area contributed by atoms with E-state index in [-0.39, 0.29) is 17.2 Å². The standard InChI is InChI=1S/C18H19F3N2O3S/c1-2-23-16(24)15-13(10-17(23)5-7-25-8-6-17)22-12-4-3-11(9-14(12)27-15)26-18(19,20)21/h3-4,9,22H,2,5-8,10H2,1H3. The second-order valence-electron chi connectivity index (χ2n) is 6.80. The highest BCUT2D eigenvalue weighted by Gasteiger charge is 2.47. The minimum Gasteiger partial charge on any atom is -0.406 e. The van der Waals surface area contributed by atoms with Gasteiger partial charge in [-0.05, 0) is 38.0 Å². The van der Waals surface area contributed by atoms with Gasteiger partial charge in [0.05, 0.1) is 16.1 Å². The number of likely N-dealkylation sites (N-methyl/N-ethyl adjacent to an activating group) is 1. The van der Waals surface area contributed by atoms with Crippen molar-refractivity contribution in [1.29, 1.82) is 0 Å². The van der Waals surface area contributed by atoms with Crippen molar-refractivity contribution in [3.05, 3.63) is 28.8 Å². The lowest BCUT2D eigenvalue weighted by molar-refractivity contribution is -0.274. The first kappa shape index (κ1) is 18.5. The lowest BCUT2D eigenvalue weighted by atomic mass is 9.80. The molecule has 1 N–H and O–H groups in total. The lowest BCUT2D eigenvalue weighted by Gasteiger charge is -2.50. The Balaban J connectivity index is 1.65. The summed E-state index contributed by atoms with van der Waals surface area (Å²) in [4.78, 5) is 16.1. The third-order valence-corrected chi connectivity index (χ3v) is 6.40. The fourth-order valence-electron chi connectivity index (χ4n) is 4.02. The van der Waals surface area contributed by atoms with Gasteiger partial charge in [-0.2, -0.15) is 0 Å². The molecule has 1 aromatic rings. The number of amides is 1. The minimum absolute atomic E-state index is 0.0778. The molecule has 5 nitrogen and oxygen atoms in total. The summed E-state index contributed by atoms with van der Waals surface area (Å²) in [6, 6.07) is 4.14. The Morgan fingerprint density at radius 2 is 2.07 bits per heavy atom. The van der Waals surface area contributed by atoms with Crippen LogP contribution in [0.2, 0.25) is 0 Å². The number of halogens is 3. The van der Waals surface area contributed by atoms with Crippen LogP contribution < -0.4 is 10.1 Å². The molecule has 0 atom stereocenters. The molecular weight excluding hydrogens is 381 g/mol. The monoisotopic (exact) mass is 400 g/mol. The van der Waals surface area contributed by atoms with Gasteiger partial charge in [-0.1, -0.05) is 11.8 Å². The van der Waals surface area contributed by atoms with Crippen molar-refractivity contribution >= 4 is 23.4 Å². The Morgan fingerprint density at radius 3 is 2.74 bits per heavy atom. The average molecular weight is 400 g/mol. The molecule has 0 radical (unpaired) electrons. The van der Waals surface area contributed by atoms with Gasteiger partial charge in [-0.25, -0.2) is 0 Å². The molecule has 0 saturated carbocycles. The number of anilines is 1. The number of fused-ring (bicyclic) bond motifs is 1. The van der Waals surface area contributed by atoms with Gasteiger partial charge >= 0.3 is 6.36 Å².